The molecule has 0 aromatic carbocycles. The Balaban J connectivity index is 2.03. The van der Waals surface area contributed by atoms with E-state index in [4.69, 9.17) is 0 Å². The van der Waals surface area contributed by atoms with Gasteiger partial charge >= 0.3 is 5.97 Å². The van der Waals surface area contributed by atoms with E-state index in [1.807, 2.05) is 0 Å². The van der Waals surface area contributed by atoms with E-state index in [9.17, 15) is 9.90 Å². The monoisotopic (exact) mass is 253 g/mol. The van der Waals surface area contributed by atoms with Gasteiger partial charge in [-0.25, -0.2) is 4.98 Å². The first-order chi connectivity index (χ1) is 8.02. The zero-order valence-corrected chi connectivity index (χ0v) is 11.2. The normalized spacial score (nSPS) is 18.1. The lowest BCUT2D eigenvalue weighted by Gasteiger charge is -2.36. The van der Waals surface area contributed by atoms with E-state index in [2.05, 4.69) is 24.2 Å². The molecule has 1 aliphatic carbocycles. The Morgan fingerprint density at radius 1 is 1.59 bits per heavy atom. The van der Waals surface area contributed by atoms with Crippen LogP contribution in [0.2, 0.25) is 0 Å². The predicted molar refractivity (Wildman–Crippen MR) is 68.3 cm³/mol. The van der Waals surface area contributed by atoms with Gasteiger partial charge in [-0.15, -0.1) is 11.3 Å². The SMILES string of the molecule is CC(C)Cc1csc(CC2(C(=O)O)CCC2)n1. The summed E-state index contributed by atoms with van der Waals surface area (Å²) in [5, 5.41) is 12.3. The molecule has 0 radical (unpaired) electrons. The fraction of sp³-hybridized carbons (Fsp3) is 0.692. The van der Waals surface area contributed by atoms with Crippen molar-refractivity contribution in [2.45, 2.75) is 46.0 Å². The van der Waals surface area contributed by atoms with E-state index in [-0.39, 0.29) is 0 Å². The van der Waals surface area contributed by atoms with Gasteiger partial charge in [0.2, 0.25) is 0 Å². The lowest BCUT2D eigenvalue weighted by Crippen LogP contribution is -2.39. The van der Waals surface area contributed by atoms with Crippen LogP contribution in [0.4, 0.5) is 0 Å². The van der Waals surface area contributed by atoms with Gasteiger partial charge in [-0.3, -0.25) is 4.79 Å². The summed E-state index contributed by atoms with van der Waals surface area (Å²) in [6.07, 6.45) is 4.25. The topological polar surface area (TPSA) is 50.2 Å². The number of carboxylic acids is 1. The van der Waals surface area contributed by atoms with Crippen molar-refractivity contribution in [3.8, 4) is 0 Å². The van der Waals surface area contributed by atoms with Gasteiger partial charge in [-0.1, -0.05) is 20.3 Å². The molecule has 1 heterocycles. The zero-order valence-electron chi connectivity index (χ0n) is 10.4. The third kappa shape index (κ3) is 2.68. The van der Waals surface area contributed by atoms with Crippen LogP contribution in [0.15, 0.2) is 5.38 Å². The van der Waals surface area contributed by atoms with E-state index in [1.165, 1.54) is 0 Å². The van der Waals surface area contributed by atoms with Crippen molar-refractivity contribution in [3.05, 3.63) is 16.1 Å². The molecule has 0 aliphatic heterocycles. The van der Waals surface area contributed by atoms with Gasteiger partial charge in [0.05, 0.1) is 16.1 Å². The minimum absolute atomic E-state index is 0.507. The van der Waals surface area contributed by atoms with E-state index in [0.29, 0.717) is 12.3 Å². The molecule has 2 rings (SSSR count). The van der Waals surface area contributed by atoms with Gasteiger partial charge in [-0.2, -0.15) is 0 Å². The maximum Gasteiger partial charge on any atom is 0.310 e. The van der Waals surface area contributed by atoms with Gasteiger partial charge in [0.1, 0.15) is 0 Å². The Hall–Kier alpha value is -0.900. The second kappa shape index (κ2) is 4.77. The molecule has 1 aliphatic rings. The first-order valence-electron chi connectivity index (χ1n) is 6.18. The van der Waals surface area contributed by atoms with Crippen molar-refractivity contribution in [1.29, 1.82) is 0 Å². The van der Waals surface area contributed by atoms with E-state index >= 15 is 0 Å². The zero-order chi connectivity index (χ0) is 12.5. The molecule has 0 spiro atoms. The number of carboxylic acid groups (broad SMARTS) is 1. The third-order valence-electron chi connectivity index (χ3n) is 3.47. The molecule has 0 unspecified atom stereocenters. The molecule has 1 saturated carbocycles. The molecule has 4 heteroatoms. The Kier molecular flexibility index (Phi) is 3.52. The standard InChI is InChI=1S/C13H19NO2S/c1-9(2)6-10-8-17-11(14-10)7-13(12(15)16)4-3-5-13/h8-9H,3-7H2,1-2H3,(H,15,16). The Labute approximate surface area is 106 Å². The van der Waals surface area contributed by atoms with Crippen LogP contribution in [-0.4, -0.2) is 16.1 Å². The van der Waals surface area contributed by atoms with Crippen molar-refractivity contribution in [2.24, 2.45) is 11.3 Å². The maximum absolute atomic E-state index is 11.3. The van der Waals surface area contributed by atoms with Gasteiger partial charge in [-0.05, 0) is 25.2 Å². The van der Waals surface area contributed by atoms with E-state index in [0.717, 1.165) is 36.4 Å². The molecule has 1 fully saturated rings. The number of aromatic nitrogens is 1. The van der Waals surface area contributed by atoms with Crippen molar-refractivity contribution in [2.75, 3.05) is 0 Å². The maximum atomic E-state index is 11.3. The van der Waals surface area contributed by atoms with E-state index in [1.54, 1.807) is 11.3 Å². The quantitative estimate of drug-likeness (QED) is 0.877. The van der Waals surface area contributed by atoms with Gasteiger partial charge in [0, 0.05) is 11.8 Å². The first kappa shape index (κ1) is 12.6. The van der Waals surface area contributed by atoms with E-state index < -0.39 is 11.4 Å². The number of thiazole rings is 1. The summed E-state index contributed by atoms with van der Waals surface area (Å²) >= 11 is 1.61. The summed E-state index contributed by atoms with van der Waals surface area (Å²) < 4.78 is 0. The summed E-state index contributed by atoms with van der Waals surface area (Å²) in [7, 11) is 0. The molecule has 1 aromatic heterocycles. The van der Waals surface area contributed by atoms with Crippen LogP contribution in [0.3, 0.4) is 0 Å². The minimum Gasteiger partial charge on any atom is -0.481 e. The Morgan fingerprint density at radius 2 is 2.29 bits per heavy atom. The van der Waals surface area contributed by atoms with Crippen LogP contribution in [0.25, 0.3) is 0 Å². The Bertz CT molecular complexity index is 407. The highest BCUT2D eigenvalue weighted by Crippen LogP contribution is 2.44. The molecule has 0 bridgehead atoms. The third-order valence-corrected chi connectivity index (χ3v) is 4.37. The molecule has 1 N–H and O–H groups in total. The number of nitrogens with zero attached hydrogens (tertiary/aromatic N) is 1. The molecule has 3 nitrogen and oxygen atoms in total. The second-order valence-corrected chi connectivity index (χ2v) is 6.39. The summed E-state index contributed by atoms with van der Waals surface area (Å²) in [6, 6.07) is 0. The molecular weight excluding hydrogens is 234 g/mol. The lowest BCUT2D eigenvalue weighted by atomic mass is 9.67. The molecule has 1 aromatic rings. The number of hydrogen-bond donors (Lipinski definition) is 1. The largest absolute Gasteiger partial charge is 0.481 e. The molecular formula is C13H19NO2S. The number of hydrogen-bond acceptors (Lipinski definition) is 3. The van der Waals surface area contributed by atoms with Gasteiger partial charge in [0.15, 0.2) is 0 Å². The van der Waals surface area contributed by atoms with Crippen LogP contribution in [0.5, 0.6) is 0 Å². The summed E-state index contributed by atoms with van der Waals surface area (Å²) in [4.78, 5) is 15.8. The smallest absolute Gasteiger partial charge is 0.310 e. The average Bonchev–Trinajstić information content (AvgIpc) is 2.57. The minimum atomic E-state index is -0.649. The molecule has 94 valence electrons. The average molecular weight is 253 g/mol. The van der Waals surface area contributed by atoms with Gasteiger partial charge in [0.25, 0.3) is 0 Å². The van der Waals surface area contributed by atoms with Crippen molar-refractivity contribution in [3.63, 3.8) is 0 Å². The number of rotatable bonds is 5. The van der Waals surface area contributed by atoms with Crippen molar-refractivity contribution in [1.82, 2.24) is 4.98 Å². The van der Waals surface area contributed by atoms with Crippen molar-refractivity contribution >= 4 is 17.3 Å². The molecule has 0 atom stereocenters. The van der Waals surface area contributed by atoms with Crippen LogP contribution < -0.4 is 0 Å². The highest BCUT2D eigenvalue weighted by Gasteiger charge is 2.44. The predicted octanol–water partition coefficient (Wildman–Crippen LogP) is 3.14. The number of carbonyl (C=O) groups is 1. The van der Waals surface area contributed by atoms with Crippen LogP contribution in [0.1, 0.15) is 43.8 Å². The highest BCUT2D eigenvalue weighted by atomic mass is 32.1. The summed E-state index contributed by atoms with van der Waals surface area (Å²) in [6.45, 7) is 4.34. The fourth-order valence-corrected chi connectivity index (χ4v) is 3.25. The van der Waals surface area contributed by atoms with Gasteiger partial charge < -0.3 is 5.11 Å². The summed E-state index contributed by atoms with van der Waals surface area (Å²) in [5.74, 6) is -0.0496. The Morgan fingerprint density at radius 3 is 2.76 bits per heavy atom. The van der Waals surface area contributed by atoms with Crippen LogP contribution in [0, 0.1) is 11.3 Å². The second-order valence-electron chi connectivity index (χ2n) is 5.45. The molecule has 0 amide bonds. The number of aliphatic carboxylic acids is 1. The van der Waals surface area contributed by atoms with Crippen LogP contribution >= 0.6 is 11.3 Å². The highest BCUT2D eigenvalue weighted by molar-refractivity contribution is 7.09. The molecule has 17 heavy (non-hydrogen) atoms. The summed E-state index contributed by atoms with van der Waals surface area (Å²) in [5.41, 5.74) is 0.604. The fourth-order valence-electron chi connectivity index (χ4n) is 2.30. The van der Waals surface area contributed by atoms with Crippen LogP contribution in [-0.2, 0) is 17.6 Å². The molecule has 0 saturated heterocycles. The first-order valence-corrected chi connectivity index (χ1v) is 7.06. The lowest BCUT2D eigenvalue weighted by molar-refractivity contribution is -0.154. The van der Waals surface area contributed by atoms with Crippen molar-refractivity contribution < 1.29 is 9.90 Å².